The number of esters is 1. The second kappa shape index (κ2) is 10.5. The van der Waals surface area contributed by atoms with E-state index in [0.717, 1.165) is 26.2 Å². The quantitative estimate of drug-likeness (QED) is 0.213. The molecular weight excluding hydrogens is 458 g/mol. The molecule has 0 spiro atoms. The molecule has 10 heteroatoms. The SMILES string of the molecule is O=C(Cc1ccc(COC(=O)c2ccc(CO[N+](=O)[O-])cc2)cc1)Nc1cc2ccncc2s1. The van der Waals surface area contributed by atoms with Gasteiger partial charge in [0.05, 0.1) is 21.7 Å². The number of benzene rings is 2. The molecule has 1 amide bonds. The average molecular weight is 477 g/mol. The minimum atomic E-state index is -0.872. The van der Waals surface area contributed by atoms with E-state index >= 15 is 0 Å². The van der Waals surface area contributed by atoms with E-state index < -0.39 is 11.1 Å². The summed E-state index contributed by atoms with van der Waals surface area (Å²) in [5.41, 5.74) is 2.51. The maximum atomic E-state index is 12.4. The van der Waals surface area contributed by atoms with E-state index in [0.29, 0.717) is 11.1 Å². The molecule has 2 heterocycles. The van der Waals surface area contributed by atoms with Crippen LogP contribution < -0.4 is 5.32 Å². The van der Waals surface area contributed by atoms with E-state index in [1.807, 2.05) is 24.3 Å². The Kier molecular flexibility index (Phi) is 7.09. The largest absolute Gasteiger partial charge is 0.457 e. The molecule has 0 aliphatic carbocycles. The van der Waals surface area contributed by atoms with Gasteiger partial charge in [-0.3, -0.25) is 9.78 Å². The van der Waals surface area contributed by atoms with Gasteiger partial charge >= 0.3 is 5.97 Å². The Labute approximate surface area is 198 Å². The molecule has 9 nitrogen and oxygen atoms in total. The van der Waals surface area contributed by atoms with E-state index in [-0.39, 0.29) is 25.5 Å². The number of fused-ring (bicyclic) bond motifs is 1. The normalized spacial score (nSPS) is 10.6. The maximum Gasteiger partial charge on any atom is 0.338 e. The van der Waals surface area contributed by atoms with Gasteiger partial charge in [0.1, 0.15) is 13.2 Å². The number of carbonyl (C=O) groups is 2. The molecule has 0 saturated heterocycles. The lowest BCUT2D eigenvalue weighted by Gasteiger charge is -2.07. The van der Waals surface area contributed by atoms with Crippen molar-refractivity contribution in [2.45, 2.75) is 19.6 Å². The molecule has 2 aromatic heterocycles. The molecule has 1 N–H and O–H groups in total. The van der Waals surface area contributed by atoms with Crippen molar-refractivity contribution < 1.29 is 24.3 Å². The zero-order valence-electron chi connectivity index (χ0n) is 17.8. The molecule has 4 aromatic rings. The number of hydrogen-bond donors (Lipinski definition) is 1. The Morgan fingerprint density at radius 3 is 2.35 bits per heavy atom. The highest BCUT2D eigenvalue weighted by molar-refractivity contribution is 7.22. The summed E-state index contributed by atoms with van der Waals surface area (Å²) in [7, 11) is 0. The van der Waals surface area contributed by atoms with Crippen LogP contribution in [0.15, 0.2) is 73.1 Å². The van der Waals surface area contributed by atoms with E-state index in [1.54, 1.807) is 36.7 Å². The van der Waals surface area contributed by atoms with Crippen molar-refractivity contribution in [3.8, 4) is 0 Å². The molecule has 0 aliphatic rings. The molecule has 0 atom stereocenters. The van der Waals surface area contributed by atoms with E-state index in [1.165, 1.54) is 23.5 Å². The fourth-order valence-corrected chi connectivity index (χ4v) is 4.11. The summed E-state index contributed by atoms with van der Waals surface area (Å²) in [5.74, 6) is -0.630. The lowest BCUT2D eigenvalue weighted by molar-refractivity contribution is -0.763. The Morgan fingerprint density at radius 1 is 0.971 bits per heavy atom. The van der Waals surface area contributed by atoms with Gasteiger partial charge in [-0.1, -0.05) is 36.4 Å². The zero-order chi connectivity index (χ0) is 23.9. The molecule has 0 fully saturated rings. The van der Waals surface area contributed by atoms with Crippen molar-refractivity contribution >= 4 is 38.3 Å². The number of nitrogens with one attached hydrogen (secondary N) is 1. The first kappa shape index (κ1) is 22.9. The van der Waals surface area contributed by atoms with Crippen LogP contribution in [0.5, 0.6) is 0 Å². The summed E-state index contributed by atoms with van der Waals surface area (Å²) in [6.45, 7) is -0.110. The first-order valence-electron chi connectivity index (χ1n) is 10.2. The van der Waals surface area contributed by atoms with Crippen molar-refractivity contribution in [2.24, 2.45) is 0 Å². The predicted molar refractivity (Wildman–Crippen MR) is 126 cm³/mol. The van der Waals surface area contributed by atoms with Crippen LogP contribution in [0.1, 0.15) is 27.0 Å². The number of rotatable bonds is 9. The number of carbonyl (C=O) groups excluding carboxylic acids is 2. The van der Waals surface area contributed by atoms with Crippen LogP contribution in [-0.4, -0.2) is 21.9 Å². The maximum absolute atomic E-state index is 12.4. The van der Waals surface area contributed by atoms with Gasteiger partial charge in [0.15, 0.2) is 0 Å². The van der Waals surface area contributed by atoms with Crippen LogP contribution in [0.25, 0.3) is 10.1 Å². The summed E-state index contributed by atoms with van der Waals surface area (Å²) >= 11 is 1.47. The lowest BCUT2D eigenvalue weighted by Crippen LogP contribution is -2.13. The van der Waals surface area contributed by atoms with Gasteiger partial charge in [0.2, 0.25) is 5.91 Å². The van der Waals surface area contributed by atoms with Crippen LogP contribution in [0.4, 0.5) is 5.00 Å². The van der Waals surface area contributed by atoms with Crippen LogP contribution >= 0.6 is 11.3 Å². The Morgan fingerprint density at radius 2 is 1.65 bits per heavy atom. The highest BCUT2D eigenvalue weighted by Gasteiger charge is 2.10. The zero-order valence-corrected chi connectivity index (χ0v) is 18.6. The smallest absolute Gasteiger partial charge is 0.338 e. The van der Waals surface area contributed by atoms with Crippen LogP contribution in [0.3, 0.4) is 0 Å². The Bertz CT molecular complexity index is 1290. The van der Waals surface area contributed by atoms with Crippen LogP contribution in [0, 0.1) is 10.1 Å². The van der Waals surface area contributed by atoms with Gasteiger partial charge in [0.25, 0.3) is 5.09 Å². The minimum Gasteiger partial charge on any atom is -0.457 e. The molecule has 34 heavy (non-hydrogen) atoms. The molecule has 4 rings (SSSR count). The fraction of sp³-hybridized carbons (Fsp3) is 0.125. The van der Waals surface area contributed by atoms with Crippen molar-refractivity contribution in [1.82, 2.24) is 4.98 Å². The monoisotopic (exact) mass is 477 g/mol. The fourth-order valence-electron chi connectivity index (χ4n) is 3.16. The van der Waals surface area contributed by atoms with Crippen LogP contribution in [-0.2, 0) is 34.0 Å². The molecule has 172 valence electrons. The summed E-state index contributed by atoms with van der Waals surface area (Å²) < 4.78 is 6.33. The number of hydrogen-bond acceptors (Lipinski definition) is 8. The lowest BCUT2D eigenvalue weighted by atomic mass is 10.1. The second-order valence-corrected chi connectivity index (χ2v) is 8.42. The number of thiophene rings is 1. The predicted octanol–water partition coefficient (Wildman–Crippen LogP) is 4.54. The van der Waals surface area contributed by atoms with Crippen molar-refractivity contribution in [3.63, 3.8) is 0 Å². The summed E-state index contributed by atoms with van der Waals surface area (Å²) in [5, 5.41) is 14.1. The average Bonchev–Trinajstić information content (AvgIpc) is 3.24. The number of aromatic nitrogens is 1. The number of anilines is 1. The minimum absolute atomic E-state index is 0.0767. The first-order valence-corrected chi connectivity index (χ1v) is 11.0. The van der Waals surface area contributed by atoms with E-state index in [9.17, 15) is 19.7 Å². The number of amides is 1. The van der Waals surface area contributed by atoms with Crippen molar-refractivity contribution in [1.29, 1.82) is 0 Å². The topological polar surface area (TPSA) is 121 Å². The molecule has 0 bridgehead atoms. The van der Waals surface area contributed by atoms with Crippen molar-refractivity contribution in [3.05, 3.63) is 105 Å². The Hall–Kier alpha value is -4.31. The van der Waals surface area contributed by atoms with Gasteiger partial charge in [-0.15, -0.1) is 21.5 Å². The number of ether oxygens (including phenoxy) is 1. The molecule has 0 aliphatic heterocycles. The molecule has 2 aromatic carbocycles. The molecule has 0 radical (unpaired) electrons. The summed E-state index contributed by atoms with van der Waals surface area (Å²) in [6, 6.07) is 17.2. The Balaban J connectivity index is 1.25. The third-order valence-electron chi connectivity index (χ3n) is 4.87. The van der Waals surface area contributed by atoms with E-state index in [4.69, 9.17) is 4.74 Å². The third kappa shape index (κ3) is 6.14. The summed E-state index contributed by atoms with van der Waals surface area (Å²) in [4.78, 5) is 43.2. The second-order valence-electron chi connectivity index (χ2n) is 7.34. The van der Waals surface area contributed by atoms with Gasteiger partial charge in [-0.05, 0) is 46.3 Å². The number of nitrogens with zero attached hydrogens (tertiary/aromatic N) is 2. The van der Waals surface area contributed by atoms with Gasteiger partial charge in [-0.2, -0.15) is 0 Å². The molecule has 0 unspecified atom stereocenters. The first-order chi connectivity index (χ1) is 16.5. The highest BCUT2D eigenvalue weighted by Crippen LogP contribution is 2.28. The molecular formula is C24H19N3O6S. The number of pyridine rings is 1. The third-order valence-corrected chi connectivity index (χ3v) is 5.87. The summed E-state index contributed by atoms with van der Waals surface area (Å²) in [6.07, 6.45) is 3.71. The standard InChI is InChI=1S/C24H19N3O6S/c28-22(26-23-12-20-9-10-25-13-21(20)34-23)11-16-1-3-17(4-2-16)14-32-24(29)19-7-5-18(6-8-19)15-33-27(30)31/h1-10,12-13H,11,14-15H2,(H,26,28). The highest BCUT2D eigenvalue weighted by atomic mass is 32.1. The van der Waals surface area contributed by atoms with Crippen LogP contribution in [0.2, 0.25) is 0 Å². The van der Waals surface area contributed by atoms with Gasteiger partial charge in [-0.25, -0.2) is 4.79 Å². The molecule has 0 saturated carbocycles. The van der Waals surface area contributed by atoms with Gasteiger partial charge < -0.3 is 14.9 Å². The van der Waals surface area contributed by atoms with Crippen molar-refractivity contribution in [2.75, 3.05) is 5.32 Å². The van der Waals surface area contributed by atoms with E-state index in [2.05, 4.69) is 15.1 Å². The van der Waals surface area contributed by atoms with Gasteiger partial charge in [0, 0.05) is 12.4 Å².